The van der Waals surface area contributed by atoms with Crippen LogP contribution in [0.15, 0.2) is 60.0 Å². The van der Waals surface area contributed by atoms with Crippen LogP contribution < -0.4 is 20.3 Å². The Morgan fingerprint density at radius 1 is 1.14 bits per heavy atom. The minimum absolute atomic E-state index is 0.0819. The molecule has 4 aromatic rings. The molecule has 2 heterocycles. The first kappa shape index (κ1) is 26.3. The van der Waals surface area contributed by atoms with E-state index in [1.165, 1.54) is 24.9 Å². The van der Waals surface area contributed by atoms with E-state index in [0.29, 0.717) is 33.8 Å². The highest BCUT2D eigenvalue weighted by atomic mass is 35.5. The fraction of sp³-hybridized carbons (Fsp3) is 0.179. The normalized spacial score (nSPS) is 10.9. The molecule has 0 unspecified atom stereocenters. The lowest BCUT2D eigenvalue weighted by molar-refractivity contribution is -0.114. The summed E-state index contributed by atoms with van der Waals surface area (Å²) in [7, 11) is 4.62. The number of nitrogens with zero attached hydrogens (tertiary/aromatic N) is 2. The van der Waals surface area contributed by atoms with E-state index in [2.05, 4.69) is 16.9 Å². The molecule has 0 spiro atoms. The molecule has 0 aliphatic rings. The fourth-order valence-corrected chi connectivity index (χ4v) is 4.88. The Labute approximate surface area is 224 Å². The van der Waals surface area contributed by atoms with E-state index < -0.39 is 0 Å². The number of rotatable bonds is 8. The molecule has 9 heteroatoms. The van der Waals surface area contributed by atoms with Gasteiger partial charge in [0.05, 0.1) is 35.3 Å². The van der Waals surface area contributed by atoms with Crippen molar-refractivity contribution >= 4 is 51.4 Å². The van der Waals surface area contributed by atoms with Gasteiger partial charge < -0.3 is 19.4 Å². The summed E-state index contributed by atoms with van der Waals surface area (Å²) in [6.45, 7) is 5.51. The van der Waals surface area contributed by atoms with Crippen molar-refractivity contribution in [1.82, 2.24) is 9.55 Å². The van der Waals surface area contributed by atoms with Crippen LogP contribution in [0.5, 0.6) is 11.5 Å². The molecule has 0 bridgehead atoms. The molecule has 4 rings (SSSR count). The van der Waals surface area contributed by atoms with E-state index in [9.17, 15) is 9.59 Å². The quantitative estimate of drug-likeness (QED) is 0.266. The lowest BCUT2D eigenvalue weighted by Gasteiger charge is -2.17. The van der Waals surface area contributed by atoms with Crippen molar-refractivity contribution in [3.8, 4) is 22.6 Å². The maximum Gasteiger partial charge on any atom is 0.258 e. The second-order valence-electron chi connectivity index (χ2n) is 8.42. The molecule has 0 aliphatic carbocycles. The number of ether oxygens (including phenoxy) is 2. The van der Waals surface area contributed by atoms with Gasteiger partial charge in [0.1, 0.15) is 17.3 Å². The van der Waals surface area contributed by atoms with Crippen LogP contribution in [0.2, 0.25) is 10.0 Å². The molecule has 2 aromatic carbocycles. The van der Waals surface area contributed by atoms with Gasteiger partial charge in [-0.15, -0.1) is 0 Å². The van der Waals surface area contributed by atoms with Gasteiger partial charge in [0.25, 0.3) is 5.56 Å². The maximum atomic E-state index is 13.5. The molecule has 0 fully saturated rings. The smallest absolute Gasteiger partial charge is 0.258 e. The van der Waals surface area contributed by atoms with E-state index in [-0.39, 0.29) is 33.4 Å². The summed E-state index contributed by atoms with van der Waals surface area (Å²) in [5.41, 5.74) is 3.51. The Kier molecular flexibility index (Phi) is 7.57. The van der Waals surface area contributed by atoms with Crippen LogP contribution in [0.25, 0.3) is 22.0 Å². The average Bonchev–Trinajstić information content (AvgIpc) is 2.89. The number of ketones is 1. The molecule has 0 amide bonds. The average molecular weight is 538 g/mol. The third kappa shape index (κ3) is 4.92. The van der Waals surface area contributed by atoms with Crippen molar-refractivity contribution in [1.29, 1.82) is 0 Å². The molecule has 37 heavy (non-hydrogen) atoms. The van der Waals surface area contributed by atoms with Crippen LogP contribution in [0.4, 0.5) is 11.5 Å². The first-order chi connectivity index (χ1) is 17.7. The third-order valence-electron chi connectivity index (χ3n) is 6.16. The highest BCUT2D eigenvalue weighted by Crippen LogP contribution is 2.45. The monoisotopic (exact) mass is 537 g/mol. The number of aryl methyl sites for hydroxylation is 2. The molecular weight excluding hydrogens is 513 g/mol. The van der Waals surface area contributed by atoms with Gasteiger partial charge in [-0.1, -0.05) is 48.0 Å². The number of pyridine rings is 2. The number of carbonyl (C=O) groups excluding carboxylic acids is 1. The van der Waals surface area contributed by atoms with Gasteiger partial charge in [-0.05, 0) is 30.2 Å². The number of aromatic nitrogens is 2. The zero-order valence-corrected chi connectivity index (χ0v) is 22.3. The molecule has 0 aliphatic heterocycles. The second-order valence-corrected chi connectivity index (χ2v) is 9.17. The first-order valence-corrected chi connectivity index (χ1v) is 12.1. The number of para-hydroxylation sites is 1. The zero-order chi connectivity index (χ0) is 26.9. The van der Waals surface area contributed by atoms with Gasteiger partial charge >= 0.3 is 0 Å². The Bertz CT molecular complexity index is 1580. The Morgan fingerprint density at radius 3 is 2.43 bits per heavy atom. The minimum Gasteiger partial charge on any atom is -0.495 e. The van der Waals surface area contributed by atoms with Gasteiger partial charge in [0.2, 0.25) is 0 Å². The molecule has 0 saturated carbocycles. The van der Waals surface area contributed by atoms with E-state index in [0.717, 1.165) is 16.8 Å². The van der Waals surface area contributed by atoms with Crippen molar-refractivity contribution in [2.24, 2.45) is 7.05 Å². The number of allylic oxidation sites excluding steroid dienone is 1. The number of nitrogens with one attached hydrogen (secondary N) is 1. The molecule has 7 nitrogen and oxygen atoms in total. The predicted molar refractivity (Wildman–Crippen MR) is 149 cm³/mol. The van der Waals surface area contributed by atoms with Crippen molar-refractivity contribution in [3.63, 3.8) is 0 Å². The van der Waals surface area contributed by atoms with Crippen LogP contribution in [-0.2, 0) is 18.3 Å². The standard InChI is InChI=1S/C28H25Cl2N3O4/c1-6-18(34)10-16-9-7-8-15(2)27(16)32-23-12-20-17(14-31-23)11-19(28(35)33(20)3)24-25(29)21(36-4)13-22(37-5)26(24)30/h6-9,11-14H,1,10H2,2-5H3,(H,31,32). The Balaban J connectivity index is 1.84. The van der Waals surface area contributed by atoms with E-state index >= 15 is 0 Å². The third-order valence-corrected chi connectivity index (χ3v) is 6.91. The summed E-state index contributed by atoms with van der Waals surface area (Å²) in [5.74, 6) is 1.11. The maximum absolute atomic E-state index is 13.5. The molecule has 0 atom stereocenters. The van der Waals surface area contributed by atoms with E-state index in [1.54, 1.807) is 31.4 Å². The number of methoxy groups -OCH3 is 2. The van der Waals surface area contributed by atoms with Gasteiger partial charge in [-0.3, -0.25) is 9.59 Å². The molecule has 190 valence electrons. The van der Waals surface area contributed by atoms with Crippen LogP contribution in [-0.4, -0.2) is 29.6 Å². The van der Waals surface area contributed by atoms with Gasteiger partial charge in [0.15, 0.2) is 5.78 Å². The largest absolute Gasteiger partial charge is 0.495 e. The molecular formula is C28H25Cl2N3O4. The highest BCUT2D eigenvalue weighted by molar-refractivity contribution is 6.41. The topological polar surface area (TPSA) is 82.5 Å². The first-order valence-electron chi connectivity index (χ1n) is 11.3. The van der Waals surface area contributed by atoms with Crippen LogP contribution >= 0.6 is 23.2 Å². The fourth-order valence-electron chi connectivity index (χ4n) is 4.18. The number of halogens is 2. The summed E-state index contributed by atoms with van der Waals surface area (Å²) < 4.78 is 12.2. The highest BCUT2D eigenvalue weighted by Gasteiger charge is 2.22. The summed E-state index contributed by atoms with van der Waals surface area (Å²) >= 11 is 13.2. The SMILES string of the molecule is C=CC(=O)Cc1cccc(C)c1Nc1cc2c(cn1)cc(-c1c(Cl)c(OC)cc(OC)c1Cl)c(=O)n2C. The van der Waals surface area contributed by atoms with E-state index in [1.807, 2.05) is 25.1 Å². The van der Waals surface area contributed by atoms with Gasteiger partial charge in [-0.2, -0.15) is 0 Å². The summed E-state index contributed by atoms with van der Waals surface area (Å²) in [6, 6.07) is 10.8. The minimum atomic E-state index is -0.308. The lowest BCUT2D eigenvalue weighted by atomic mass is 10.0. The number of anilines is 2. The molecule has 1 N–H and O–H groups in total. The van der Waals surface area contributed by atoms with Crippen LogP contribution in [0, 0.1) is 6.92 Å². The lowest BCUT2D eigenvalue weighted by Crippen LogP contribution is -2.19. The van der Waals surface area contributed by atoms with Crippen molar-refractivity contribution in [3.05, 3.63) is 86.8 Å². The molecule has 0 radical (unpaired) electrons. The summed E-state index contributed by atoms with van der Waals surface area (Å²) in [6.07, 6.45) is 3.19. The summed E-state index contributed by atoms with van der Waals surface area (Å²) in [4.78, 5) is 30.0. The van der Waals surface area contributed by atoms with Gasteiger partial charge in [0, 0.05) is 48.4 Å². The number of fused-ring (bicyclic) bond motifs is 1. The van der Waals surface area contributed by atoms with Crippen LogP contribution in [0.3, 0.4) is 0 Å². The molecule has 0 saturated heterocycles. The number of hydrogen-bond acceptors (Lipinski definition) is 6. The van der Waals surface area contributed by atoms with Crippen molar-refractivity contribution in [2.75, 3.05) is 19.5 Å². The second kappa shape index (κ2) is 10.7. The van der Waals surface area contributed by atoms with Gasteiger partial charge in [-0.25, -0.2) is 4.98 Å². The Morgan fingerprint density at radius 2 is 1.81 bits per heavy atom. The zero-order valence-electron chi connectivity index (χ0n) is 20.8. The molecule has 2 aromatic heterocycles. The van der Waals surface area contributed by atoms with Crippen LogP contribution in [0.1, 0.15) is 11.1 Å². The predicted octanol–water partition coefficient (Wildman–Crippen LogP) is 6.27. The number of hydrogen-bond donors (Lipinski definition) is 1. The van der Waals surface area contributed by atoms with Crippen molar-refractivity contribution in [2.45, 2.75) is 13.3 Å². The Hall–Kier alpha value is -3.81. The van der Waals surface area contributed by atoms with Crippen molar-refractivity contribution < 1.29 is 14.3 Å². The van der Waals surface area contributed by atoms with E-state index in [4.69, 9.17) is 32.7 Å². The number of carbonyl (C=O) groups is 1. The number of benzene rings is 2. The summed E-state index contributed by atoms with van der Waals surface area (Å²) in [5, 5.41) is 4.42.